The number of hydrogen-bond donors (Lipinski definition) is 2. The van der Waals surface area contributed by atoms with Gasteiger partial charge in [0, 0.05) is 29.6 Å². The van der Waals surface area contributed by atoms with Crippen molar-refractivity contribution in [1.82, 2.24) is 0 Å². The molecule has 0 bridgehead atoms. The van der Waals surface area contributed by atoms with E-state index in [4.69, 9.17) is 26.4 Å². The molecule has 0 spiro atoms. The van der Waals surface area contributed by atoms with Crippen molar-refractivity contribution in [3.63, 3.8) is 0 Å². The molecule has 6 nitrogen and oxygen atoms in total. The Morgan fingerprint density at radius 3 is 2.12 bits per heavy atom. The fourth-order valence-electron chi connectivity index (χ4n) is 2.01. The molecule has 0 aliphatic carbocycles. The fourth-order valence-corrected chi connectivity index (χ4v) is 2.25. The van der Waals surface area contributed by atoms with Gasteiger partial charge in [0.25, 0.3) is 0 Å². The Labute approximate surface area is 145 Å². The standard InChI is InChI=1S/C17H18N2O4S/c1-21-14-8-13(9-15(10-14)22-2)19-17(24)18-12-6-4-5-11(7-12)16(20)23-3/h4-10H,1-3H3,(H2,18,19,24). The highest BCUT2D eigenvalue weighted by Crippen LogP contribution is 2.26. The lowest BCUT2D eigenvalue weighted by atomic mass is 10.2. The summed E-state index contributed by atoms with van der Waals surface area (Å²) < 4.78 is 15.1. The first-order chi connectivity index (χ1) is 11.5. The zero-order valence-electron chi connectivity index (χ0n) is 13.6. The largest absolute Gasteiger partial charge is 0.497 e. The summed E-state index contributed by atoms with van der Waals surface area (Å²) in [6.07, 6.45) is 0. The number of thiocarbonyl (C=S) groups is 1. The lowest BCUT2D eigenvalue weighted by Crippen LogP contribution is -2.19. The minimum Gasteiger partial charge on any atom is -0.497 e. The molecule has 0 aliphatic heterocycles. The van der Waals surface area contributed by atoms with Crippen molar-refractivity contribution in [2.45, 2.75) is 0 Å². The normalized spacial score (nSPS) is 9.79. The molecule has 0 heterocycles. The molecule has 0 aliphatic rings. The van der Waals surface area contributed by atoms with E-state index in [0.29, 0.717) is 33.5 Å². The second kappa shape index (κ2) is 8.16. The first-order valence-corrected chi connectivity index (χ1v) is 7.46. The molecule has 2 rings (SSSR count). The summed E-state index contributed by atoms with van der Waals surface area (Å²) in [5.41, 5.74) is 1.83. The molecule has 2 N–H and O–H groups in total. The number of methoxy groups -OCH3 is 3. The third-order valence-electron chi connectivity index (χ3n) is 3.15. The van der Waals surface area contributed by atoms with E-state index in [1.807, 2.05) is 0 Å². The number of rotatable bonds is 5. The van der Waals surface area contributed by atoms with Gasteiger partial charge < -0.3 is 24.8 Å². The predicted octanol–water partition coefficient (Wildman–Crippen LogP) is 3.30. The molecule has 24 heavy (non-hydrogen) atoms. The van der Waals surface area contributed by atoms with Crippen LogP contribution in [0.25, 0.3) is 0 Å². The number of benzene rings is 2. The van der Waals surface area contributed by atoms with E-state index in [1.165, 1.54) is 7.11 Å². The van der Waals surface area contributed by atoms with E-state index in [2.05, 4.69) is 10.6 Å². The molecule has 0 saturated carbocycles. The van der Waals surface area contributed by atoms with E-state index in [-0.39, 0.29) is 0 Å². The zero-order chi connectivity index (χ0) is 17.5. The molecule has 2 aromatic carbocycles. The van der Waals surface area contributed by atoms with Crippen LogP contribution in [0.3, 0.4) is 0 Å². The highest BCUT2D eigenvalue weighted by molar-refractivity contribution is 7.80. The number of anilines is 2. The Balaban J connectivity index is 2.10. The van der Waals surface area contributed by atoms with Gasteiger partial charge in [-0.15, -0.1) is 0 Å². The molecule has 2 aromatic rings. The molecular formula is C17H18N2O4S. The van der Waals surface area contributed by atoms with Gasteiger partial charge in [-0.25, -0.2) is 4.79 Å². The van der Waals surface area contributed by atoms with Crippen LogP contribution in [0.2, 0.25) is 0 Å². The van der Waals surface area contributed by atoms with Crippen LogP contribution in [0.15, 0.2) is 42.5 Å². The van der Waals surface area contributed by atoms with Crippen LogP contribution in [0.4, 0.5) is 11.4 Å². The van der Waals surface area contributed by atoms with Gasteiger partial charge in [0.2, 0.25) is 0 Å². The summed E-state index contributed by atoms with van der Waals surface area (Å²) in [4.78, 5) is 11.6. The summed E-state index contributed by atoms with van der Waals surface area (Å²) in [6.45, 7) is 0. The van der Waals surface area contributed by atoms with Crippen LogP contribution in [0, 0.1) is 0 Å². The van der Waals surface area contributed by atoms with Gasteiger partial charge in [0.15, 0.2) is 5.11 Å². The first-order valence-electron chi connectivity index (χ1n) is 7.05. The van der Waals surface area contributed by atoms with Gasteiger partial charge >= 0.3 is 5.97 Å². The van der Waals surface area contributed by atoms with Gasteiger partial charge in [-0.05, 0) is 30.4 Å². The molecule has 0 saturated heterocycles. The number of hydrogen-bond acceptors (Lipinski definition) is 5. The van der Waals surface area contributed by atoms with E-state index in [0.717, 1.165) is 0 Å². The number of carbonyl (C=O) groups excluding carboxylic acids is 1. The predicted molar refractivity (Wildman–Crippen MR) is 97.2 cm³/mol. The molecule has 0 unspecified atom stereocenters. The number of carbonyl (C=O) groups is 1. The van der Waals surface area contributed by atoms with Crippen molar-refractivity contribution in [3.05, 3.63) is 48.0 Å². The fraction of sp³-hybridized carbons (Fsp3) is 0.176. The maximum absolute atomic E-state index is 11.6. The van der Waals surface area contributed by atoms with Crippen molar-refractivity contribution in [2.75, 3.05) is 32.0 Å². The van der Waals surface area contributed by atoms with Crippen LogP contribution in [0.5, 0.6) is 11.5 Å². The Morgan fingerprint density at radius 2 is 1.54 bits per heavy atom. The van der Waals surface area contributed by atoms with Gasteiger partial charge in [-0.2, -0.15) is 0 Å². The minimum atomic E-state index is -0.407. The number of ether oxygens (including phenoxy) is 3. The SMILES string of the molecule is COC(=O)c1cccc(NC(=S)Nc2cc(OC)cc(OC)c2)c1. The highest BCUT2D eigenvalue weighted by Gasteiger charge is 2.07. The summed E-state index contributed by atoms with van der Waals surface area (Å²) in [6, 6.07) is 12.2. The zero-order valence-corrected chi connectivity index (χ0v) is 14.4. The first kappa shape index (κ1) is 17.6. The Morgan fingerprint density at radius 1 is 0.917 bits per heavy atom. The highest BCUT2D eigenvalue weighted by atomic mass is 32.1. The van der Waals surface area contributed by atoms with Crippen molar-refractivity contribution in [1.29, 1.82) is 0 Å². The molecule has 0 radical (unpaired) electrons. The van der Waals surface area contributed by atoms with Crippen LogP contribution in [0.1, 0.15) is 10.4 Å². The molecule has 0 amide bonds. The molecule has 0 atom stereocenters. The van der Waals surface area contributed by atoms with Gasteiger partial charge in [-0.1, -0.05) is 6.07 Å². The molecule has 0 fully saturated rings. The van der Waals surface area contributed by atoms with Gasteiger partial charge in [0.05, 0.1) is 26.9 Å². The number of nitrogens with one attached hydrogen (secondary N) is 2. The average Bonchev–Trinajstić information content (AvgIpc) is 2.60. The summed E-state index contributed by atoms with van der Waals surface area (Å²) in [5.74, 6) is 0.884. The monoisotopic (exact) mass is 346 g/mol. The van der Waals surface area contributed by atoms with E-state index < -0.39 is 5.97 Å². The summed E-state index contributed by atoms with van der Waals surface area (Å²) >= 11 is 5.29. The van der Waals surface area contributed by atoms with E-state index >= 15 is 0 Å². The van der Waals surface area contributed by atoms with Crippen molar-refractivity contribution >= 4 is 34.7 Å². The maximum atomic E-state index is 11.6. The van der Waals surface area contributed by atoms with Crippen LogP contribution in [-0.2, 0) is 4.74 Å². The molecule has 7 heteroatoms. The molecule has 126 valence electrons. The smallest absolute Gasteiger partial charge is 0.337 e. The maximum Gasteiger partial charge on any atom is 0.337 e. The van der Waals surface area contributed by atoms with Crippen LogP contribution < -0.4 is 20.1 Å². The van der Waals surface area contributed by atoms with Crippen molar-refractivity contribution in [3.8, 4) is 11.5 Å². The molecular weight excluding hydrogens is 328 g/mol. The lowest BCUT2D eigenvalue weighted by molar-refractivity contribution is 0.0601. The van der Waals surface area contributed by atoms with Crippen molar-refractivity contribution in [2.24, 2.45) is 0 Å². The van der Waals surface area contributed by atoms with Crippen molar-refractivity contribution < 1.29 is 19.0 Å². The van der Waals surface area contributed by atoms with Crippen LogP contribution in [-0.4, -0.2) is 32.4 Å². The summed E-state index contributed by atoms with van der Waals surface area (Å²) in [7, 11) is 4.49. The Kier molecular flexibility index (Phi) is 5.97. The van der Waals surface area contributed by atoms with Gasteiger partial charge in [0.1, 0.15) is 11.5 Å². The number of esters is 1. The third kappa shape index (κ3) is 4.60. The molecule has 0 aromatic heterocycles. The average molecular weight is 346 g/mol. The summed E-state index contributed by atoms with van der Waals surface area (Å²) in [5, 5.41) is 6.43. The van der Waals surface area contributed by atoms with Crippen LogP contribution >= 0.6 is 12.2 Å². The second-order valence-electron chi connectivity index (χ2n) is 4.75. The van der Waals surface area contributed by atoms with E-state index in [1.54, 1.807) is 56.7 Å². The topological polar surface area (TPSA) is 68.8 Å². The lowest BCUT2D eigenvalue weighted by Gasteiger charge is -2.13. The Bertz CT molecular complexity index is 727. The minimum absolute atomic E-state index is 0.368. The van der Waals surface area contributed by atoms with Gasteiger partial charge in [-0.3, -0.25) is 0 Å². The second-order valence-corrected chi connectivity index (χ2v) is 5.16. The van der Waals surface area contributed by atoms with E-state index in [9.17, 15) is 4.79 Å². The quantitative estimate of drug-likeness (QED) is 0.636. The Hall–Kier alpha value is -2.80. The third-order valence-corrected chi connectivity index (χ3v) is 3.35.